The van der Waals surface area contributed by atoms with Crippen LogP contribution < -0.4 is 4.84 Å². The van der Waals surface area contributed by atoms with Gasteiger partial charge in [0.2, 0.25) is 0 Å². The van der Waals surface area contributed by atoms with E-state index in [1.807, 2.05) is 13.8 Å². The minimum absolute atomic E-state index is 0.219. The number of alkyl halides is 1. The zero-order chi connectivity index (χ0) is 12.4. The Hall–Kier alpha value is 0.1000. The molecule has 0 fully saturated rings. The Morgan fingerprint density at radius 2 is 1.94 bits per heavy atom. The third-order valence-electron chi connectivity index (χ3n) is 2.35. The van der Waals surface area contributed by atoms with Gasteiger partial charge in [0.25, 0.3) is 0 Å². The van der Waals surface area contributed by atoms with Crippen molar-refractivity contribution in [2.24, 2.45) is 0 Å². The molecule has 0 aromatic rings. The molecule has 0 aromatic carbocycles. The molecule has 0 aliphatic rings. The molecule has 1 unspecified atom stereocenters. The van der Waals surface area contributed by atoms with Crippen LogP contribution in [0.4, 0.5) is 4.39 Å². The van der Waals surface area contributed by atoms with Gasteiger partial charge in [-0.05, 0) is 38.5 Å². The van der Waals surface area contributed by atoms with Crippen LogP contribution in [-0.4, -0.2) is 38.6 Å². The van der Waals surface area contributed by atoms with Crippen molar-refractivity contribution in [2.75, 3.05) is 26.9 Å². The standard InChI is InChI=1S/C11H23ClFNO2/c1-11(2,14-12)6-4-10(13)5-7-16-9-8-15-3/h10,14H,4-9H2,1-3H3. The number of hydrogen-bond donors (Lipinski definition) is 1. The summed E-state index contributed by atoms with van der Waals surface area (Å²) in [6, 6.07) is 0. The van der Waals surface area contributed by atoms with Gasteiger partial charge in [-0.15, -0.1) is 0 Å². The first-order valence-corrected chi connectivity index (χ1v) is 5.98. The normalized spacial score (nSPS) is 14.1. The molecule has 98 valence electrons. The van der Waals surface area contributed by atoms with E-state index in [1.54, 1.807) is 7.11 Å². The Balaban J connectivity index is 3.41. The number of ether oxygens (including phenoxy) is 2. The van der Waals surface area contributed by atoms with Gasteiger partial charge in [0, 0.05) is 25.7 Å². The van der Waals surface area contributed by atoms with Crippen LogP contribution in [0.1, 0.15) is 33.1 Å². The Bertz CT molecular complexity index is 170. The third-order valence-corrected chi connectivity index (χ3v) is 2.86. The molecule has 0 amide bonds. The lowest BCUT2D eigenvalue weighted by Crippen LogP contribution is -2.33. The second-order valence-electron chi connectivity index (χ2n) is 4.51. The molecule has 0 saturated heterocycles. The fraction of sp³-hybridized carbons (Fsp3) is 1.00. The minimum Gasteiger partial charge on any atom is -0.382 e. The Labute approximate surface area is 103 Å². The van der Waals surface area contributed by atoms with Gasteiger partial charge in [0.15, 0.2) is 0 Å². The summed E-state index contributed by atoms with van der Waals surface area (Å²) in [5.41, 5.74) is -0.219. The van der Waals surface area contributed by atoms with Crippen LogP contribution in [0.15, 0.2) is 0 Å². The molecule has 5 heteroatoms. The Morgan fingerprint density at radius 3 is 2.50 bits per heavy atom. The molecule has 16 heavy (non-hydrogen) atoms. The number of rotatable bonds is 10. The SMILES string of the molecule is COCCOCCC(F)CCC(C)(C)NCl. The average Bonchev–Trinajstić information content (AvgIpc) is 2.26. The summed E-state index contributed by atoms with van der Waals surface area (Å²) >= 11 is 5.53. The summed E-state index contributed by atoms with van der Waals surface area (Å²) in [5, 5.41) is 0. The molecule has 0 heterocycles. The van der Waals surface area contributed by atoms with E-state index in [9.17, 15) is 4.39 Å². The number of methoxy groups -OCH3 is 1. The van der Waals surface area contributed by atoms with E-state index in [-0.39, 0.29) is 5.54 Å². The van der Waals surface area contributed by atoms with E-state index >= 15 is 0 Å². The summed E-state index contributed by atoms with van der Waals surface area (Å²) in [6.45, 7) is 5.42. The predicted octanol–water partition coefficient (Wildman–Crippen LogP) is 2.68. The van der Waals surface area contributed by atoms with E-state index in [2.05, 4.69) is 4.84 Å². The monoisotopic (exact) mass is 255 g/mol. The fourth-order valence-corrected chi connectivity index (χ4v) is 1.26. The topological polar surface area (TPSA) is 30.5 Å². The first-order chi connectivity index (χ1) is 7.52. The zero-order valence-corrected chi connectivity index (χ0v) is 11.1. The van der Waals surface area contributed by atoms with Crippen LogP contribution in [0.2, 0.25) is 0 Å². The highest BCUT2D eigenvalue weighted by Crippen LogP contribution is 2.16. The highest BCUT2D eigenvalue weighted by atomic mass is 35.5. The maximum absolute atomic E-state index is 13.4. The quantitative estimate of drug-likeness (QED) is 0.481. The fourth-order valence-electron chi connectivity index (χ4n) is 1.16. The molecule has 0 radical (unpaired) electrons. The lowest BCUT2D eigenvalue weighted by Gasteiger charge is -2.22. The summed E-state index contributed by atoms with van der Waals surface area (Å²) in [7, 11) is 1.61. The lowest BCUT2D eigenvalue weighted by molar-refractivity contribution is 0.0589. The first-order valence-electron chi connectivity index (χ1n) is 5.60. The molecule has 0 aromatic heterocycles. The van der Waals surface area contributed by atoms with Crippen molar-refractivity contribution in [3.8, 4) is 0 Å². The summed E-state index contributed by atoms with van der Waals surface area (Å²) in [5.74, 6) is 0. The van der Waals surface area contributed by atoms with Gasteiger partial charge in [0.05, 0.1) is 13.2 Å². The van der Waals surface area contributed by atoms with Crippen LogP contribution in [0.5, 0.6) is 0 Å². The summed E-state index contributed by atoms with van der Waals surface area (Å²) < 4.78 is 23.4. The number of nitrogens with one attached hydrogen (secondary N) is 1. The van der Waals surface area contributed by atoms with Crippen molar-refractivity contribution in [1.29, 1.82) is 0 Å². The number of halogens is 2. The molecule has 1 N–H and O–H groups in total. The van der Waals surface area contributed by atoms with Gasteiger partial charge >= 0.3 is 0 Å². The predicted molar refractivity (Wildman–Crippen MR) is 64.5 cm³/mol. The lowest BCUT2D eigenvalue weighted by atomic mass is 9.97. The maximum Gasteiger partial charge on any atom is 0.102 e. The summed E-state index contributed by atoms with van der Waals surface area (Å²) in [4.78, 5) is 2.64. The van der Waals surface area contributed by atoms with Crippen molar-refractivity contribution >= 4 is 11.8 Å². The molecule has 0 rings (SSSR count). The smallest absolute Gasteiger partial charge is 0.102 e. The maximum atomic E-state index is 13.4. The largest absolute Gasteiger partial charge is 0.382 e. The Morgan fingerprint density at radius 1 is 1.25 bits per heavy atom. The molecular weight excluding hydrogens is 233 g/mol. The van der Waals surface area contributed by atoms with Gasteiger partial charge in [-0.3, -0.25) is 0 Å². The average molecular weight is 256 g/mol. The van der Waals surface area contributed by atoms with Gasteiger partial charge in [0.1, 0.15) is 6.17 Å². The molecule has 0 saturated carbocycles. The van der Waals surface area contributed by atoms with E-state index in [0.717, 1.165) is 0 Å². The molecular formula is C11H23ClFNO2. The molecule has 0 aliphatic heterocycles. The van der Waals surface area contributed by atoms with E-state index in [4.69, 9.17) is 21.3 Å². The second kappa shape index (κ2) is 9.16. The van der Waals surface area contributed by atoms with Gasteiger partial charge in [-0.25, -0.2) is 9.23 Å². The molecule has 1 atom stereocenters. The molecule has 0 bridgehead atoms. The van der Waals surface area contributed by atoms with Gasteiger partial charge in [-0.1, -0.05) is 0 Å². The van der Waals surface area contributed by atoms with Gasteiger partial charge in [-0.2, -0.15) is 0 Å². The van der Waals surface area contributed by atoms with Crippen LogP contribution in [0.25, 0.3) is 0 Å². The van der Waals surface area contributed by atoms with Crippen molar-refractivity contribution in [2.45, 2.75) is 44.8 Å². The van der Waals surface area contributed by atoms with E-state index in [1.165, 1.54) is 0 Å². The second-order valence-corrected chi connectivity index (χ2v) is 4.70. The van der Waals surface area contributed by atoms with Crippen LogP contribution in [-0.2, 0) is 9.47 Å². The highest BCUT2D eigenvalue weighted by Gasteiger charge is 2.18. The van der Waals surface area contributed by atoms with E-state index in [0.29, 0.717) is 39.1 Å². The van der Waals surface area contributed by atoms with Crippen LogP contribution in [0.3, 0.4) is 0 Å². The van der Waals surface area contributed by atoms with Crippen molar-refractivity contribution < 1.29 is 13.9 Å². The van der Waals surface area contributed by atoms with Crippen LogP contribution in [0, 0.1) is 0 Å². The highest BCUT2D eigenvalue weighted by molar-refractivity contribution is 6.13. The van der Waals surface area contributed by atoms with E-state index < -0.39 is 6.17 Å². The van der Waals surface area contributed by atoms with Crippen LogP contribution >= 0.6 is 11.8 Å². The zero-order valence-electron chi connectivity index (χ0n) is 10.4. The van der Waals surface area contributed by atoms with Crippen molar-refractivity contribution in [3.63, 3.8) is 0 Å². The Kier molecular flexibility index (Phi) is 9.22. The minimum atomic E-state index is -0.827. The molecule has 3 nitrogen and oxygen atoms in total. The van der Waals surface area contributed by atoms with Crippen molar-refractivity contribution in [3.05, 3.63) is 0 Å². The third kappa shape index (κ3) is 9.33. The number of hydrogen-bond acceptors (Lipinski definition) is 3. The summed E-state index contributed by atoms with van der Waals surface area (Å²) in [6.07, 6.45) is 0.810. The van der Waals surface area contributed by atoms with Crippen molar-refractivity contribution in [1.82, 2.24) is 4.84 Å². The molecule has 0 aliphatic carbocycles. The first kappa shape index (κ1) is 16.1. The van der Waals surface area contributed by atoms with Gasteiger partial charge < -0.3 is 9.47 Å². The molecule has 0 spiro atoms.